The number of anilines is 1. The number of nitrogens with zero attached hydrogens (tertiary/aromatic N) is 3. The smallest absolute Gasteiger partial charge is 0.151 e. The van der Waals surface area contributed by atoms with Gasteiger partial charge in [0.1, 0.15) is 11.3 Å². The monoisotopic (exact) mass is 335 g/mol. The summed E-state index contributed by atoms with van der Waals surface area (Å²) in [7, 11) is 0. The molecule has 2 aromatic rings. The van der Waals surface area contributed by atoms with Crippen molar-refractivity contribution in [1.29, 1.82) is 0 Å². The summed E-state index contributed by atoms with van der Waals surface area (Å²) >= 11 is 1.65. The third-order valence-electron chi connectivity index (χ3n) is 4.16. The van der Waals surface area contributed by atoms with Gasteiger partial charge in [0.15, 0.2) is 5.82 Å². The first kappa shape index (κ1) is 18.1. The van der Waals surface area contributed by atoms with E-state index in [2.05, 4.69) is 48.2 Å². The van der Waals surface area contributed by atoms with E-state index in [0.29, 0.717) is 5.82 Å². The molecule has 23 heavy (non-hydrogen) atoms. The molecule has 0 radical (unpaired) electrons. The molecule has 5 nitrogen and oxygen atoms in total. The van der Waals surface area contributed by atoms with Gasteiger partial charge in [-0.2, -0.15) is 0 Å². The number of rotatable bonds is 7. The molecule has 2 aromatic heterocycles. The van der Waals surface area contributed by atoms with Gasteiger partial charge in [-0.25, -0.2) is 9.97 Å². The molecule has 2 rings (SSSR count). The molecule has 0 aromatic carbocycles. The number of aromatic nitrogens is 3. The lowest BCUT2D eigenvalue weighted by molar-refractivity contribution is 0.403. The van der Waals surface area contributed by atoms with Crippen LogP contribution in [0.1, 0.15) is 50.7 Å². The Balaban J connectivity index is 2.62. The Labute approximate surface area is 143 Å². The Morgan fingerprint density at radius 3 is 2.57 bits per heavy atom. The van der Waals surface area contributed by atoms with Gasteiger partial charge in [-0.05, 0) is 45.9 Å². The van der Waals surface area contributed by atoms with E-state index in [1.54, 1.807) is 11.9 Å². The molecular weight excluding hydrogens is 306 g/mol. The Bertz CT molecular complexity index is 690. The maximum atomic E-state index is 6.15. The van der Waals surface area contributed by atoms with Crippen LogP contribution in [0.25, 0.3) is 11.0 Å². The van der Waals surface area contributed by atoms with Gasteiger partial charge in [-0.3, -0.25) is 4.72 Å². The largest absolute Gasteiger partial charge is 0.382 e. The summed E-state index contributed by atoms with van der Waals surface area (Å²) in [6, 6.07) is 0. The van der Waals surface area contributed by atoms with Gasteiger partial charge in [-0.1, -0.05) is 25.3 Å². The fraction of sp³-hybridized carbons (Fsp3) is 0.647. The number of imidazole rings is 1. The molecule has 0 unspecified atom stereocenters. The summed E-state index contributed by atoms with van der Waals surface area (Å²) in [6.45, 7) is 11.6. The standard InChI is InChI=1S/C17H29N5S/c1-7-8-9-13-20-14-15(11(2)12(3)19-16(14)18)22(13)10-17(4,5)21-23-6/h21H,7-10H2,1-6H3,(H2,18,19). The van der Waals surface area contributed by atoms with Gasteiger partial charge < -0.3 is 10.3 Å². The first-order valence-electron chi connectivity index (χ1n) is 8.22. The fourth-order valence-electron chi connectivity index (χ4n) is 2.95. The zero-order valence-corrected chi connectivity index (χ0v) is 16.0. The lowest BCUT2D eigenvalue weighted by Crippen LogP contribution is -2.39. The van der Waals surface area contributed by atoms with Gasteiger partial charge in [0.25, 0.3) is 0 Å². The molecule has 0 aliphatic rings. The van der Waals surface area contributed by atoms with Crippen LogP contribution in [-0.4, -0.2) is 26.3 Å². The van der Waals surface area contributed by atoms with Crippen molar-refractivity contribution >= 4 is 28.8 Å². The van der Waals surface area contributed by atoms with Crippen LogP contribution >= 0.6 is 11.9 Å². The first-order valence-corrected chi connectivity index (χ1v) is 9.45. The zero-order valence-electron chi connectivity index (χ0n) is 15.2. The molecule has 0 amide bonds. The third-order valence-corrected chi connectivity index (χ3v) is 4.92. The maximum Gasteiger partial charge on any atom is 0.151 e. The molecule has 6 heteroatoms. The number of nitrogens with one attached hydrogen (secondary N) is 1. The van der Waals surface area contributed by atoms with Crippen molar-refractivity contribution in [2.75, 3.05) is 12.0 Å². The number of pyridine rings is 1. The second kappa shape index (κ2) is 7.09. The van der Waals surface area contributed by atoms with Crippen molar-refractivity contribution in [2.24, 2.45) is 0 Å². The van der Waals surface area contributed by atoms with E-state index in [1.165, 1.54) is 5.56 Å². The van der Waals surface area contributed by atoms with Crippen molar-refractivity contribution in [3.05, 3.63) is 17.1 Å². The van der Waals surface area contributed by atoms with Crippen LogP contribution in [0.2, 0.25) is 0 Å². The maximum absolute atomic E-state index is 6.15. The van der Waals surface area contributed by atoms with E-state index in [0.717, 1.165) is 48.4 Å². The van der Waals surface area contributed by atoms with E-state index < -0.39 is 0 Å². The molecule has 3 N–H and O–H groups in total. The van der Waals surface area contributed by atoms with Crippen molar-refractivity contribution in [2.45, 2.75) is 66.0 Å². The second-order valence-electron chi connectivity index (χ2n) is 6.81. The number of hydrogen-bond acceptors (Lipinski definition) is 5. The van der Waals surface area contributed by atoms with Gasteiger partial charge in [0.05, 0.1) is 5.52 Å². The number of nitrogen functional groups attached to an aromatic ring is 1. The quantitative estimate of drug-likeness (QED) is 0.756. The average molecular weight is 336 g/mol. The van der Waals surface area contributed by atoms with E-state index in [1.807, 2.05) is 6.92 Å². The predicted octanol–water partition coefficient (Wildman–Crippen LogP) is 3.62. The molecular formula is C17H29N5S. The second-order valence-corrected chi connectivity index (χ2v) is 7.42. The summed E-state index contributed by atoms with van der Waals surface area (Å²) in [6.07, 6.45) is 5.31. The lowest BCUT2D eigenvalue weighted by atomic mass is 10.1. The Kier molecular flexibility index (Phi) is 5.57. The minimum Gasteiger partial charge on any atom is -0.382 e. The highest BCUT2D eigenvalue weighted by atomic mass is 32.2. The average Bonchev–Trinajstić information content (AvgIpc) is 2.81. The summed E-state index contributed by atoms with van der Waals surface area (Å²) < 4.78 is 5.82. The summed E-state index contributed by atoms with van der Waals surface area (Å²) in [5, 5.41) is 0. The van der Waals surface area contributed by atoms with Crippen LogP contribution < -0.4 is 10.5 Å². The van der Waals surface area contributed by atoms with E-state index in [4.69, 9.17) is 10.7 Å². The number of nitrogens with two attached hydrogens (primary N) is 1. The van der Waals surface area contributed by atoms with Crippen molar-refractivity contribution in [1.82, 2.24) is 19.3 Å². The fourth-order valence-corrected chi connectivity index (χ4v) is 3.56. The third kappa shape index (κ3) is 3.80. The van der Waals surface area contributed by atoms with Crippen LogP contribution in [0, 0.1) is 13.8 Å². The van der Waals surface area contributed by atoms with Gasteiger partial charge in [-0.15, -0.1) is 0 Å². The highest BCUT2D eigenvalue weighted by molar-refractivity contribution is 7.96. The van der Waals surface area contributed by atoms with Crippen LogP contribution in [0.5, 0.6) is 0 Å². The highest BCUT2D eigenvalue weighted by Crippen LogP contribution is 2.28. The van der Waals surface area contributed by atoms with E-state index in [9.17, 15) is 0 Å². The van der Waals surface area contributed by atoms with Crippen molar-refractivity contribution in [3.63, 3.8) is 0 Å². The van der Waals surface area contributed by atoms with Crippen molar-refractivity contribution < 1.29 is 0 Å². The minimum atomic E-state index is -0.0353. The van der Waals surface area contributed by atoms with E-state index in [-0.39, 0.29) is 5.54 Å². The van der Waals surface area contributed by atoms with Gasteiger partial charge in [0, 0.05) is 24.2 Å². The van der Waals surface area contributed by atoms with Crippen LogP contribution in [0.4, 0.5) is 5.82 Å². The van der Waals surface area contributed by atoms with Crippen LogP contribution in [-0.2, 0) is 13.0 Å². The number of aryl methyl sites for hydroxylation is 3. The Morgan fingerprint density at radius 1 is 1.26 bits per heavy atom. The zero-order chi connectivity index (χ0) is 17.2. The number of fused-ring (bicyclic) bond motifs is 1. The summed E-state index contributed by atoms with van der Waals surface area (Å²) in [5.41, 5.74) is 10.3. The summed E-state index contributed by atoms with van der Waals surface area (Å²) in [5.74, 6) is 1.65. The Morgan fingerprint density at radius 2 is 1.96 bits per heavy atom. The Hall–Kier alpha value is -1.27. The van der Waals surface area contributed by atoms with Gasteiger partial charge >= 0.3 is 0 Å². The molecule has 0 fully saturated rings. The molecule has 0 atom stereocenters. The van der Waals surface area contributed by atoms with Crippen LogP contribution in [0.3, 0.4) is 0 Å². The molecule has 0 aliphatic carbocycles. The number of unbranched alkanes of at least 4 members (excludes halogenated alkanes) is 1. The topological polar surface area (TPSA) is 68.8 Å². The van der Waals surface area contributed by atoms with Crippen molar-refractivity contribution in [3.8, 4) is 0 Å². The first-order chi connectivity index (χ1) is 10.8. The molecule has 0 spiro atoms. The molecule has 128 valence electrons. The molecule has 0 bridgehead atoms. The molecule has 0 saturated carbocycles. The highest BCUT2D eigenvalue weighted by Gasteiger charge is 2.23. The normalized spacial score (nSPS) is 12.3. The predicted molar refractivity (Wildman–Crippen MR) is 101 cm³/mol. The lowest BCUT2D eigenvalue weighted by Gasteiger charge is -2.27. The molecule has 2 heterocycles. The number of hydrogen-bond donors (Lipinski definition) is 2. The minimum absolute atomic E-state index is 0.0353. The van der Waals surface area contributed by atoms with Gasteiger partial charge in [0.2, 0.25) is 0 Å². The molecule has 0 saturated heterocycles. The van der Waals surface area contributed by atoms with Crippen LogP contribution in [0.15, 0.2) is 0 Å². The molecule has 0 aliphatic heterocycles. The summed E-state index contributed by atoms with van der Waals surface area (Å²) in [4.78, 5) is 9.29. The van der Waals surface area contributed by atoms with E-state index >= 15 is 0 Å². The SMILES string of the molecule is CCCCc1nc2c(N)nc(C)c(C)c2n1CC(C)(C)NSC.